The van der Waals surface area contributed by atoms with Crippen LogP contribution in [0.1, 0.15) is 29.7 Å². The maximum absolute atomic E-state index is 14.0. The van der Waals surface area contributed by atoms with E-state index in [4.69, 9.17) is 15.9 Å². The third-order valence-corrected chi connectivity index (χ3v) is 3.63. The van der Waals surface area contributed by atoms with Crippen LogP contribution in [0.4, 0.5) is 8.78 Å². The zero-order chi connectivity index (χ0) is 19.3. The smallest absolute Gasteiger partial charge is 0.254 e. The van der Waals surface area contributed by atoms with Crippen LogP contribution in [0.3, 0.4) is 0 Å². The number of benzene rings is 2. The van der Waals surface area contributed by atoms with Gasteiger partial charge < -0.3 is 20.9 Å². The van der Waals surface area contributed by atoms with Crippen LogP contribution in [0.5, 0.6) is 5.75 Å². The highest BCUT2D eigenvalue weighted by Crippen LogP contribution is 2.27. The normalized spacial score (nSPS) is 11.4. The van der Waals surface area contributed by atoms with Crippen LogP contribution in [0.25, 0.3) is 0 Å². The van der Waals surface area contributed by atoms with Crippen molar-refractivity contribution in [1.82, 2.24) is 5.32 Å². The molecular weight excluding hydrogens is 380 g/mol. The molecule has 0 aliphatic carbocycles. The van der Waals surface area contributed by atoms with Gasteiger partial charge in [-0.15, -0.1) is 12.4 Å². The summed E-state index contributed by atoms with van der Waals surface area (Å²) in [7, 11) is 0. The van der Waals surface area contributed by atoms with Gasteiger partial charge in [-0.3, -0.25) is 10.2 Å². The maximum atomic E-state index is 14.0. The summed E-state index contributed by atoms with van der Waals surface area (Å²) >= 11 is 0. The summed E-state index contributed by atoms with van der Waals surface area (Å²) in [4.78, 5) is 12.4. The summed E-state index contributed by atoms with van der Waals surface area (Å²) in [6, 6.07) is 8.05. The predicted molar refractivity (Wildman–Crippen MR) is 98.9 cm³/mol. The number of carbonyl (C=O) groups excluding carboxylic acids is 1. The first-order valence-electron chi connectivity index (χ1n) is 7.84. The Morgan fingerprint density at radius 1 is 1.26 bits per heavy atom. The van der Waals surface area contributed by atoms with Gasteiger partial charge in [-0.05, 0) is 12.5 Å². The lowest BCUT2D eigenvalue weighted by Crippen LogP contribution is -2.31. The van der Waals surface area contributed by atoms with Gasteiger partial charge in [0.15, 0.2) is 6.10 Å². The second-order valence-corrected chi connectivity index (χ2v) is 5.49. The summed E-state index contributed by atoms with van der Waals surface area (Å²) in [6.45, 7) is 1.75. The van der Waals surface area contributed by atoms with Crippen molar-refractivity contribution in [3.8, 4) is 5.75 Å². The number of amidine groups is 1. The van der Waals surface area contributed by atoms with E-state index in [0.717, 1.165) is 12.1 Å². The van der Waals surface area contributed by atoms with Crippen LogP contribution in [-0.2, 0) is 16.1 Å². The van der Waals surface area contributed by atoms with E-state index in [1.165, 1.54) is 0 Å². The van der Waals surface area contributed by atoms with Gasteiger partial charge in [0, 0.05) is 30.8 Å². The minimum Gasteiger partial charge on any atom is -0.508 e. The maximum Gasteiger partial charge on any atom is 0.254 e. The number of phenolic OH excluding ortho intramolecular Hbond substituents is 1. The van der Waals surface area contributed by atoms with E-state index in [0.29, 0.717) is 11.1 Å². The van der Waals surface area contributed by atoms with Gasteiger partial charge in [0.2, 0.25) is 0 Å². The largest absolute Gasteiger partial charge is 0.508 e. The number of amides is 1. The summed E-state index contributed by atoms with van der Waals surface area (Å²) in [5.74, 6) is -3.50. The summed E-state index contributed by atoms with van der Waals surface area (Å²) in [6.07, 6.45) is -1.49. The fourth-order valence-corrected chi connectivity index (χ4v) is 2.36. The van der Waals surface area contributed by atoms with Gasteiger partial charge >= 0.3 is 0 Å². The van der Waals surface area contributed by atoms with Crippen molar-refractivity contribution in [3.63, 3.8) is 0 Å². The Morgan fingerprint density at radius 3 is 2.30 bits per heavy atom. The monoisotopic (exact) mass is 399 g/mol. The number of carbonyl (C=O) groups is 1. The molecule has 0 saturated carbocycles. The van der Waals surface area contributed by atoms with Gasteiger partial charge in [0.25, 0.3) is 5.91 Å². The van der Waals surface area contributed by atoms with Crippen molar-refractivity contribution in [2.24, 2.45) is 5.73 Å². The third kappa shape index (κ3) is 5.63. The Morgan fingerprint density at radius 2 is 1.81 bits per heavy atom. The second-order valence-electron chi connectivity index (χ2n) is 5.49. The van der Waals surface area contributed by atoms with E-state index in [2.05, 4.69) is 5.32 Å². The molecule has 9 heteroatoms. The molecule has 0 aromatic heterocycles. The highest BCUT2D eigenvalue weighted by Gasteiger charge is 2.28. The summed E-state index contributed by atoms with van der Waals surface area (Å²) < 4.78 is 33.3. The van der Waals surface area contributed by atoms with Gasteiger partial charge in [0.05, 0.1) is 5.56 Å². The third-order valence-electron chi connectivity index (χ3n) is 3.63. The molecule has 0 heterocycles. The van der Waals surface area contributed by atoms with Crippen LogP contribution in [-0.4, -0.2) is 23.5 Å². The number of hydrogen-bond acceptors (Lipinski definition) is 4. The molecule has 1 amide bonds. The first-order chi connectivity index (χ1) is 12.3. The van der Waals surface area contributed by atoms with Crippen LogP contribution >= 0.6 is 12.4 Å². The van der Waals surface area contributed by atoms with Crippen molar-refractivity contribution in [2.45, 2.75) is 19.6 Å². The number of halogens is 3. The second kappa shape index (κ2) is 9.84. The Hall–Kier alpha value is -2.71. The average molecular weight is 400 g/mol. The molecule has 6 nitrogen and oxygen atoms in total. The molecule has 27 heavy (non-hydrogen) atoms. The van der Waals surface area contributed by atoms with E-state index < -0.39 is 35.0 Å². The zero-order valence-electron chi connectivity index (χ0n) is 14.5. The number of nitrogens with two attached hydrogens (primary N) is 1. The lowest BCUT2D eigenvalue weighted by atomic mass is 10.1. The Balaban J connectivity index is 0.00000364. The van der Waals surface area contributed by atoms with Gasteiger partial charge in [0.1, 0.15) is 23.2 Å². The Kier molecular flexibility index (Phi) is 8.14. The highest BCUT2D eigenvalue weighted by atomic mass is 35.5. The molecule has 0 bridgehead atoms. The topological polar surface area (TPSA) is 108 Å². The molecule has 0 aliphatic rings. The summed E-state index contributed by atoms with van der Waals surface area (Å²) in [5, 5.41) is 19.1. The Bertz CT molecular complexity index is 793. The summed E-state index contributed by atoms with van der Waals surface area (Å²) in [5.41, 5.74) is 6.06. The predicted octanol–water partition coefficient (Wildman–Crippen LogP) is 2.77. The highest BCUT2D eigenvalue weighted by molar-refractivity contribution is 5.94. The van der Waals surface area contributed by atoms with Crippen LogP contribution in [0.2, 0.25) is 0 Å². The van der Waals surface area contributed by atoms with Gasteiger partial charge in [-0.2, -0.15) is 0 Å². The number of ether oxygens (including phenoxy) is 1. The molecule has 0 radical (unpaired) electrons. The molecule has 1 atom stereocenters. The van der Waals surface area contributed by atoms with E-state index in [1.807, 2.05) is 0 Å². The molecule has 2 aromatic carbocycles. The molecule has 0 spiro atoms. The standard InChI is InChI=1S/C18H19F2N3O3.ClH/c1-2-26-16(15-13(19)7-12(24)8-14(15)20)18(25)23-9-10-3-5-11(6-4-10)17(21)22;/h3-8,16,24H,2,9H2,1H3,(H3,21,22)(H,23,25);1H/t16-;/m0./s1. The van der Waals surface area contributed by atoms with E-state index >= 15 is 0 Å². The van der Waals surface area contributed by atoms with Crippen molar-refractivity contribution in [3.05, 3.63) is 64.7 Å². The van der Waals surface area contributed by atoms with Crippen molar-refractivity contribution in [2.75, 3.05) is 6.61 Å². The molecule has 0 saturated heterocycles. The molecule has 0 unspecified atom stereocenters. The molecule has 2 aromatic rings. The number of nitrogens with one attached hydrogen (secondary N) is 2. The molecule has 2 rings (SSSR count). The minimum absolute atomic E-state index is 0. The first kappa shape index (κ1) is 22.3. The molecular formula is C18H20ClF2N3O3. The zero-order valence-corrected chi connectivity index (χ0v) is 15.3. The van der Waals surface area contributed by atoms with Crippen molar-refractivity contribution >= 4 is 24.1 Å². The van der Waals surface area contributed by atoms with E-state index in [-0.39, 0.29) is 31.4 Å². The fraction of sp³-hybridized carbons (Fsp3) is 0.222. The average Bonchev–Trinajstić information content (AvgIpc) is 2.58. The lowest BCUT2D eigenvalue weighted by molar-refractivity contribution is -0.133. The SMILES string of the molecule is CCO[C@H](C(=O)NCc1ccc(C(=N)N)cc1)c1c(F)cc(O)cc1F.Cl. The molecule has 0 aliphatic heterocycles. The number of rotatable bonds is 7. The van der Waals surface area contributed by atoms with Crippen molar-refractivity contribution < 1.29 is 23.4 Å². The Labute approximate surface area is 161 Å². The quantitative estimate of drug-likeness (QED) is 0.424. The molecule has 146 valence electrons. The van der Waals surface area contributed by atoms with Gasteiger partial charge in [-0.1, -0.05) is 24.3 Å². The number of nitrogen functional groups attached to an aromatic ring is 1. The van der Waals surface area contributed by atoms with Crippen molar-refractivity contribution in [1.29, 1.82) is 5.41 Å². The molecule has 0 fully saturated rings. The lowest BCUT2D eigenvalue weighted by Gasteiger charge is -2.18. The molecule has 5 N–H and O–H groups in total. The van der Waals surface area contributed by atoms with E-state index in [1.54, 1.807) is 31.2 Å². The number of aromatic hydroxyl groups is 1. The number of hydrogen-bond donors (Lipinski definition) is 4. The minimum atomic E-state index is -1.49. The van der Waals surface area contributed by atoms with Crippen LogP contribution < -0.4 is 11.1 Å². The van der Waals surface area contributed by atoms with Crippen LogP contribution in [0, 0.1) is 17.0 Å². The first-order valence-corrected chi connectivity index (χ1v) is 7.84. The fourth-order valence-electron chi connectivity index (χ4n) is 2.36. The van der Waals surface area contributed by atoms with Gasteiger partial charge in [-0.25, -0.2) is 8.78 Å². The van der Waals surface area contributed by atoms with Crippen LogP contribution in [0.15, 0.2) is 36.4 Å². The van der Waals surface area contributed by atoms with E-state index in [9.17, 15) is 18.7 Å². The number of phenols is 1.